The minimum absolute atomic E-state index is 0.0721. The lowest BCUT2D eigenvalue weighted by molar-refractivity contribution is 0.0636. The fourth-order valence-electron chi connectivity index (χ4n) is 2.50. The Morgan fingerprint density at radius 2 is 2.00 bits per heavy atom. The third-order valence-corrected chi connectivity index (χ3v) is 3.87. The van der Waals surface area contributed by atoms with Crippen LogP contribution in [0.15, 0.2) is 22.7 Å². The fraction of sp³-hybridized carbons (Fsp3) is 0.467. The quantitative estimate of drug-likeness (QED) is 0.909. The van der Waals surface area contributed by atoms with Crippen molar-refractivity contribution >= 4 is 17.5 Å². The van der Waals surface area contributed by atoms with E-state index in [4.69, 9.17) is 4.52 Å². The van der Waals surface area contributed by atoms with Gasteiger partial charge in [0.05, 0.1) is 0 Å². The van der Waals surface area contributed by atoms with Crippen LogP contribution < -0.4 is 5.32 Å². The van der Waals surface area contributed by atoms with E-state index < -0.39 is 0 Å². The number of hydrogen-bond donors (Lipinski definition) is 1. The Bertz CT molecular complexity index is 661. The van der Waals surface area contributed by atoms with Gasteiger partial charge in [0.25, 0.3) is 5.91 Å². The molecule has 1 aliphatic heterocycles. The van der Waals surface area contributed by atoms with Crippen molar-refractivity contribution in [3.05, 3.63) is 29.7 Å². The molecule has 8 heteroatoms. The summed E-state index contributed by atoms with van der Waals surface area (Å²) in [6.45, 7) is 8.22. The molecule has 3 heterocycles. The molecular formula is C15H20N6O2. The number of piperazine rings is 1. The van der Waals surface area contributed by atoms with E-state index in [9.17, 15) is 4.79 Å². The average Bonchev–Trinajstić information content (AvgIpc) is 3.00. The van der Waals surface area contributed by atoms with Crippen molar-refractivity contribution in [1.82, 2.24) is 25.2 Å². The lowest BCUT2D eigenvalue weighted by atomic mass is 10.2. The average molecular weight is 316 g/mol. The Labute approximate surface area is 134 Å². The highest BCUT2D eigenvalue weighted by atomic mass is 16.5. The van der Waals surface area contributed by atoms with Gasteiger partial charge in [-0.25, -0.2) is 0 Å². The van der Waals surface area contributed by atoms with Gasteiger partial charge in [0, 0.05) is 32.2 Å². The van der Waals surface area contributed by atoms with Crippen molar-refractivity contribution < 1.29 is 9.32 Å². The van der Waals surface area contributed by atoms with Crippen LogP contribution in [0.25, 0.3) is 0 Å². The summed E-state index contributed by atoms with van der Waals surface area (Å²) < 4.78 is 4.97. The van der Waals surface area contributed by atoms with E-state index in [2.05, 4.69) is 32.5 Å². The second kappa shape index (κ2) is 6.74. The van der Waals surface area contributed by atoms with Crippen LogP contribution in [0.4, 0.5) is 11.6 Å². The fourth-order valence-corrected chi connectivity index (χ4v) is 2.50. The minimum atomic E-state index is -0.0721. The monoisotopic (exact) mass is 316 g/mol. The van der Waals surface area contributed by atoms with E-state index in [0.717, 1.165) is 32.7 Å². The molecule has 0 aromatic carbocycles. The van der Waals surface area contributed by atoms with E-state index in [1.807, 2.05) is 11.8 Å². The highest BCUT2D eigenvalue weighted by molar-refractivity contribution is 5.92. The van der Waals surface area contributed by atoms with Crippen LogP contribution >= 0.6 is 0 Å². The zero-order valence-corrected chi connectivity index (χ0v) is 13.3. The number of aromatic nitrogens is 3. The van der Waals surface area contributed by atoms with Gasteiger partial charge in [-0.05, 0) is 25.6 Å². The van der Waals surface area contributed by atoms with Crippen LogP contribution in [0.1, 0.15) is 23.2 Å². The number of likely N-dealkylation sites (N-methyl/N-ethyl adjacent to an activating group) is 1. The molecule has 1 fully saturated rings. The summed E-state index contributed by atoms with van der Waals surface area (Å²) in [4.78, 5) is 16.6. The molecular weight excluding hydrogens is 296 g/mol. The van der Waals surface area contributed by atoms with Crippen molar-refractivity contribution in [2.24, 2.45) is 0 Å². The third kappa shape index (κ3) is 3.65. The van der Waals surface area contributed by atoms with Crippen LogP contribution in [0.3, 0.4) is 0 Å². The van der Waals surface area contributed by atoms with Gasteiger partial charge < -0.3 is 19.6 Å². The number of nitrogens with one attached hydrogen (secondary N) is 1. The summed E-state index contributed by atoms with van der Waals surface area (Å²) in [5, 5.41) is 14.8. The van der Waals surface area contributed by atoms with Crippen molar-refractivity contribution in [1.29, 1.82) is 0 Å². The second-order valence-electron chi connectivity index (χ2n) is 5.48. The lowest BCUT2D eigenvalue weighted by Crippen LogP contribution is -2.48. The van der Waals surface area contributed by atoms with E-state index >= 15 is 0 Å². The summed E-state index contributed by atoms with van der Waals surface area (Å²) in [5.74, 6) is 1.72. The Hall–Kier alpha value is -2.48. The molecule has 2 aromatic rings. The Balaban J connectivity index is 1.61. The Kier molecular flexibility index (Phi) is 4.52. The van der Waals surface area contributed by atoms with Gasteiger partial charge in [-0.2, -0.15) is 0 Å². The number of anilines is 2. The standard InChI is InChI=1S/C15H20N6O2/c1-3-20-6-8-21(9-7-20)15(22)12-4-5-13(18-17-12)16-14-10-11(2)23-19-14/h4-5,10H,3,6-9H2,1-2H3,(H,16,18,19). The minimum Gasteiger partial charge on any atom is -0.360 e. The van der Waals surface area contributed by atoms with Gasteiger partial charge in [-0.1, -0.05) is 12.1 Å². The number of aryl methyl sites for hydroxylation is 1. The van der Waals surface area contributed by atoms with Gasteiger partial charge in [-0.15, -0.1) is 10.2 Å². The molecule has 0 spiro atoms. The predicted molar refractivity (Wildman–Crippen MR) is 84.6 cm³/mol. The molecule has 1 amide bonds. The predicted octanol–water partition coefficient (Wildman–Crippen LogP) is 1.29. The van der Waals surface area contributed by atoms with E-state index in [-0.39, 0.29) is 5.91 Å². The van der Waals surface area contributed by atoms with Crippen LogP contribution in [-0.2, 0) is 0 Å². The van der Waals surface area contributed by atoms with Crippen molar-refractivity contribution in [3.63, 3.8) is 0 Å². The van der Waals surface area contributed by atoms with Gasteiger partial charge in [0.2, 0.25) is 0 Å². The third-order valence-electron chi connectivity index (χ3n) is 3.87. The maximum absolute atomic E-state index is 12.4. The summed E-state index contributed by atoms with van der Waals surface area (Å²) in [6, 6.07) is 5.15. The number of hydrogen-bond acceptors (Lipinski definition) is 7. The normalized spacial score (nSPS) is 15.7. The molecule has 0 atom stereocenters. The summed E-state index contributed by atoms with van der Waals surface area (Å²) in [7, 11) is 0. The number of carbonyl (C=O) groups excluding carboxylic acids is 1. The zero-order valence-electron chi connectivity index (χ0n) is 13.3. The Morgan fingerprint density at radius 3 is 2.57 bits per heavy atom. The summed E-state index contributed by atoms with van der Waals surface area (Å²) in [5.41, 5.74) is 0.358. The smallest absolute Gasteiger partial charge is 0.274 e. The van der Waals surface area contributed by atoms with Crippen molar-refractivity contribution in [2.45, 2.75) is 13.8 Å². The van der Waals surface area contributed by atoms with Gasteiger partial charge in [-0.3, -0.25) is 4.79 Å². The highest BCUT2D eigenvalue weighted by Crippen LogP contribution is 2.14. The molecule has 122 valence electrons. The molecule has 0 bridgehead atoms. The number of nitrogens with zero attached hydrogens (tertiary/aromatic N) is 5. The highest BCUT2D eigenvalue weighted by Gasteiger charge is 2.22. The van der Waals surface area contributed by atoms with Crippen molar-refractivity contribution in [2.75, 3.05) is 38.0 Å². The molecule has 0 radical (unpaired) electrons. The first-order chi connectivity index (χ1) is 11.2. The van der Waals surface area contributed by atoms with E-state index in [0.29, 0.717) is 23.1 Å². The summed E-state index contributed by atoms with van der Waals surface area (Å²) in [6.07, 6.45) is 0. The number of rotatable bonds is 4. The Morgan fingerprint density at radius 1 is 1.22 bits per heavy atom. The van der Waals surface area contributed by atoms with E-state index in [1.54, 1.807) is 18.2 Å². The lowest BCUT2D eigenvalue weighted by Gasteiger charge is -2.33. The maximum Gasteiger partial charge on any atom is 0.274 e. The molecule has 3 rings (SSSR count). The second-order valence-corrected chi connectivity index (χ2v) is 5.48. The topological polar surface area (TPSA) is 87.4 Å². The summed E-state index contributed by atoms with van der Waals surface area (Å²) >= 11 is 0. The number of amides is 1. The van der Waals surface area contributed by atoms with Crippen LogP contribution in [-0.4, -0.2) is 63.8 Å². The first-order valence-corrected chi connectivity index (χ1v) is 7.71. The van der Waals surface area contributed by atoms with Gasteiger partial charge >= 0.3 is 0 Å². The molecule has 23 heavy (non-hydrogen) atoms. The van der Waals surface area contributed by atoms with Crippen LogP contribution in [0.5, 0.6) is 0 Å². The maximum atomic E-state index is 12.4. The first kappa shape index (κ1) is 15.4. The zero-order chi connectivity index (χ0) is 16.2. The largest absolute Gasteiger partial charge is 0.360 e. The van der Waals surface area contributed by atoms with Crippen molar-refractivity contribution in [3.8, 4) is 0 Å². The first-order valence-electron chi connectivity index (χ1n) is 7.71. The van der Waals surface area contributed by atoms with Crippen LogP contribution in [0, 0.1) is 6.92 Å². The molecule has 8 nitrogen and oxygen atoms in total. The van der Waals surface area contributed by atoms with E-state index in [1.165, 1.54) is 0 Å². The van der Waals surface area contributed by atoms with Gasteiger partial charge in [0.1, 0.15) is 5.76 Å². The molecule has 0 aliphatic carbocycles. The molecule has 1 saturated heterocycles. The van der Waals surface area contributed by atoms with Gasteiger partial charge in [0.15, 0.2) is 17.3 Å². The molecule has 0 saturated carbocycles. The molecule has 0 unspecified atom stereocenters. The van der Waals surface area contributed by atoms with Crippen LogP contribution in [0.2, 0.25) is 0 Å². The number of carbonyl (C=O) groups is 1. The SMILES string of the molecule is CCN1CCN(C(=O)c2ccc(Nc3cc(C)on3)nn2)CC1. The molecule has 1 aliphatic rings. The molecule has 1 N–H and O–H groups in total. The molecule has 2 aromatic heterocycles.